The second kappa shape index (κ2) is 7.11. The van der Waals surface area contributed by atoms with Crippen LogP contribution in [-0.4, -0.2) is 68.7 Å². The standard InChI is InChI=1S/C19H28N2O4S/c1-2-11-24-17-5-7-18(8-6-17)26(22,23)21-14-19(15-21)12-16(13-25-19)20-9-3-4-10-20/h5-8,16H,2-4,9-15H2,1H3. The van der Waals surface area contributed by atoms with Crippen molar-refractivity contribution < 1.29 is 17.9 Å². The highest BCUT2D eigenvalue weighted by molar-refractivity contribution is 7.89. The molecule has 1 aromatic carbocycles. The summed E-state index contributed by atoms with van der Waals surface area (Å²) >= 11 is 0. The van der Waals surface area contributed by atoms with Crippen molar-refractivity contribution in [2.45, 2.75) is 49.1 Å². The molecule has 1 atom stereocenters. The van der Waals surface area contributed by atoms with Crippen LogP contribution in [0.25, 0.3) is 0 Å². The van der Waals surface area contributed by atoms with Crippen LogP contribution < -0.4 is 4.74 Å². The lowest BCUT2D eigenvalue weighted by molar-refractivity contribution is -0.0774. The summed E-state index contributed by atoms with van der Waals surface area (Å²) in [5, 5.41) is 0. The Morgan fingerprint density at radius 2 is 1.88 bits per heavy atom. The molecule has 3 saturated heterocycles. The minimum atomic E-state index is -3.46. The molecule has 0 aliphatic carbocycles. The molecule has 0 saturated carbocycles. The van der Waals surface area contributed by atoms with Crippen molar-refractivity contribution in [2.75, 3.05) is 39.4 Å². The lowest BCUT2D eigenvalue weighted by atomic mass is 9.91. The van der Waals surface area contributed by atoms with Gasteiger partial charge in [0.25, 0.3) is 0 Å². The van der Waals surface area contributed by atoms with Gasteiger partial charge in [0.15, 0.2) is 0 Å². The molecule has 7 heteroatoms. The highest BCUT2D eigenvalue weighted by Gasteiger charge is 2.54. The summed E-state index contributed by atoms with van der Waals surface area (Å²) in [6.45, 7) is 6.64. The molecule has 0 aromatic heterocycles. The number of hydrogen-bond acceptors (Lipinski definition) is 5. The quantitative estimate of drug-likeness (QED) is 0.756. The van der Waals surface area contributed by atoms with Crippen molar-refractivity contribution in [2.24, 2.45) is 0 Å². The van der Waals surface area contributed by atoms with E-state index < -0.39 is 10.0 Å². The van der Waals surface area contributed by atoms with Crippen molar-refractivity contribution in [3.8, 4) is 5.75 Å². The predicted molar refractivity (Wildman–Crippen MR) is 98.9 cm³/mol. The van der Waals surface area contributed by atoms with Crippen LogP contribution in [0.4, 0.5) is 0 Å². The SMILES string of the molecule is CCCOc1ccc(S(=O)(=O)N2CC3(CC(N4CCCC4)CO3)C2)cc1. The smallest absolute Gasteiger partial charge is 0.243 e. The number of rotatable bonds is 6. The lowest BCUT2D eigenvalue weighted by Crippen LogP contribution is -2.63. The third kappa shape index (κ3) is 3.38. The van der Waals surface area contributed by atoms with Crippen LogP contribution in [0, 0.1) is 0 Å². The van der Waals surface area contributed by atoms with E-state index in [9.17, 15) is 8.42 Å². The Hall–Kier alpha value is -1.15. The summed E-state index contributed by atoms with van der Waals surface area (Å²) in [5.41, 5.74) is -0.273. The fourth-order valence-electron chi connectivity index (χ4n) is 4.23. The molecule has 6 nitrogen and oxygen atoms in total. The van der Waals surface area contributed by atoms with E-state index in [4.69, 9.17) is 9.47 Å². The molecule has 144 valence electrons. The first-order valence-corrected chi connectivity index (χ1v) is 11.1. The molecule has 0 radical (unpaired) electrons. The first-order valence-electron chi connectivity index (χ1n) is 9.63. The van der Waals surface area contributed by atoms with Gasteiger partial charge in [-0.1, -0.05) is 6.92 Å². The van der Waals surface area contributed by atoms with Crippen LogP contribution in [-0.2, 0) is 14.8 Å². The molecule has 3 heterocycles. The fourth-order valence-corrected chi connectivity index (χ4v) is 5.81. The van der Waals surface area contributed by atoms with Gasteiger partial charge in [0.05, 0.1) is 23.7 Å². The first kappa shape index (κ1) is 18.2. The molecule has 1 aromatic rings. The van der Waals surface area contributed by atoms with Crippen molar-refractivity contribution in [3.05, 3.63) is 24.3 Å². The summed E-state index contributed by atoms with van der Waals surface area (Å²) in [6, 6.07) is 7.18. The summed E-state index contributed by atoms with van der Waals surface area (Å²) in [7, 11) is -3.46. The predicted octanol–water partition coefficient (Wildman–Crippen LogP) is 2.10. The highest BCUT2D eigenvalue weighted by atomic mass is 32.2. The average Bonchev–Trinajstić information content (AvgIpc) is 3.28. The van der Waals surface area contributed by atoms with Crippen molar-refractivity contribution in [1.82, 2.24) is 9.21 Å². The van der Waals surface area contributed by atoms with Crippen molar-refractivity contribution in [3.63, 3.8) is 0 Å². The van der Waals surface area contributed by atoms with Gasteiger partial charge in [-0.2, -0.15) is 4.31 Å². The van der Waals surface area contributed by atoms with E-state index in [1.165, 1.54) is 12.8 Å². The van der Waals surface area contributed by atoms with Gasteiger partial charge < -0.3 is 9.47 Å². The second-order valence-corrected chi connectivity index (χ2v) is 9.63. The second-order valence-electron chi connectivity index (χ2n) is 7.69. The number of sulfonamides is 1. The number of likely N-dealkylation sites (tertiary alicyclic amines) is 1. The van der Waals surface area contributed by atoms with E-state index >= 15 is 0 Å². The van der Waals surface area contributed by atoms with E-state index in [-0.39, 0.29) is 5.60 Å². The van der Waals surface area contributed by atoms with Gasteiger partial charge in [0, 0.05) is 19.1 Å². The Labute approximate surface area is 156 Å². The lowest BCUT2D eigenvalue weighted by Gasteiger charge is -2.46. The van der Waals surface area contributed by atoms with E-state index in [2.05, 4.69) is 4.90 Å². The Balaban J connectivity index is 1.37. The fraction of sp³-hybridized carbons (Fsp3) is 0.684. The summed E-state index contributed by atoms with van der Waals surface area (Å²) in [6.07, 6.45) is 4.40. The Kier molecular flexibility index (Phi) is 4.98. The molecular formula is C19H28N2O4S. The molecule has 3 aliphatic heterocycles. The molecule has 4 rings (SSSR count). The van der Waals surface area contributed by atoms with Gasteiger partial charge in [0.1, 0.15) is 5.75 Å². The van der Waals surface area contributed by atoms with E-state index in [0.717, 1.165) is 32.5 Å². The van der Waals surface area contributed by atoms with E-state index in [1.54, 1.807) is 28.6 Å². The minimum absolute atomic E-state index is 0.273. The summed E-state index contributed by atoms with van der Waals surface area (Å²) < 4.78 is 38.8. The van der Waals surface area contributed by atoms with E-state index in [0.29, 0.717) is 36.4 Å². The first-order chi connectivity index (χ1) is 12.5. The molecule has 0 bridgehead atoms. The van der Waals surface area contributed by atoms with Gasteiger partial charge >= 0.3 is 0 Å². The Morgan fingerprint density at radius 3 is 2.54 bits per heavy atom. The zero-order valence-corrected chi connectivity index (χ0v) is 16.2. The number of benzene rings is 1. The zero-order chi connectivity index (χ0) is 18.2. The maximum absolute atomic E-state index is 12.8. The van der Waals surface area contributed by atoms with Crippen LogP contribution in [0.5, 0.6) is 5.75 Å². The molecule has 26 heavy (non-hydrogen) atoms. The molecule has 1 spiro atoms. The average molecular weight is 381 g/mol. The van der Waals surface area contributed by atoms with Crippen LogP contribution >= 0.6 is 0 Å². The number of nitrogens with zero attached hydrogens (tertiary/aromatic N) is 2. The molecular weight excluding hydrogens is 352 g/mol. The van der Waals surface area contributed by atoms with Crippen LogP contribution in [0.15, 0.2) is 29.2 Å². The maximum atomic E-state index is 12.8. The Morgan fingerprint density at radius 1 is 1.19 bits per heavy atom. The Bertz CT molecular complexity index is 722. The summed E-state index contributed by atoms with van der Waals surface area (Å²) in [5.74, 6) is 0.707. The largest absolute Gasteiger partial charge is 0.494 e. The van der Waals surface area contributed by atoms with Crippen molar-refractivity contribution in [1.29, 1.82) is 0 Å². The third-order valence-electron chi connectivity index (χ3n) is 5.71. The topological polar surface area (TPSA) is 59.1 Å². The monoisotopic (exact) mass is 380 g/mol. The molecule has 0 amide bonds. The van der Waals surface area contributed by atoms with Crippen LogP contribution in [0.3, 0.4) is 0 Å². The van der Waals surface area contributed by atoms with Gasteiger partial charge in [-0.3, -0.25) is 4.90 Å². The van der Waals surface area contributed by atoms with Crippen LogP contribution in [0.1, 0.15) is 32.6 Å². The van der Waals surface area contributed by atoms with Gasteiger partial charge in [-0.15, -0.1) is 0 Å². The minimum Gasteiger partial charge on any atom is -0.494 e. The van der Waals surface area contributed by atoms with Gasteiger partial charge in [-0.05, 0) is 63.0 Å². The molecule has 1 unspecified atom stereocenters. The highest BCUT2D eigenvalue weighted by Crippen LogP contribution is 2.40. The summed E-state index contributed by atoms with van der Waals surface area (Å²) in [4.78, 5) is 2.83. The molecule has 3 aliphatic rings. The van der Waals surface area contributed by atoms with Crippen molar-refractivity contribution >= 4 is 10.0 Å². The van der Waals surface area contributed by atoms with E-state index in [1.807, 2.05) is 6.92 Å². The zero-order valence-electron chi connectivity index (χ0n) is 15.4. The molecule has 3 fully saturated rings. The van der Waals surface area contributed by atoms with Gasteiger partial charge in [-0.25, -0.2) is 8.42 Å². The van der Waals surface area contributed by atoms with Gasteiger partial charge in [0.2, 0.25) is 10.0 Å². The normalized spacial score (nSPS) is 26.3. The number of ether oxygens (including phenoxy) is 2. The van der Waals surface area contributed by atoms with Crippen LogP contribution in [0.2, 0.25) is 0 Å². The molecule has 0 N–H and O–H groups in total. The maximum Gasteiger partial charge on any atom is 0.243 e. The number of hydrogen-bond donors (Lipinski definition) is 0. The third-order valence-corrected chi connectivity index (χ3v) is 7.52.